The molecule has 0 aromatic rings. The maximum absolute atomic E-state index is 12.1. The number of nitrogens with two attached hydrogens (primary N) is 1. The summed E-state index contributed by atoms with van der Waals surface area (Å²) in [6.07, 6.45) is 2.57. The van der Waals surface area contributed by atoms with E-state index in [1.54, 1.807) is 18.7 Å². The molecule has 7 heteroatoms. The Balaban J connectivity index is 2.38. The fourth-order valence-corrected chi connectivity index (χ4v) is 2.60. The van der Waals surface area contributed by atoms with Gasteiger partial charge in [-0.3, -0.25) is 9.59 Å². The third-order valence-corrected chi connectivity index (χ3v) is 3.73. The van der Waals surface area contributed by atoms with Gasteiger partial charge < -0.3 is 21.1 Å². The van der Waals surface area contributed by atoms with Gasteiger partial charge in [0.05, 0.1) is 0 Å². The number of carboxylic acids is 1. The number of amides is 3. The Bertz CT molecular complexity index is 401. The number of primary amides is 1. The maximum Gasteiger partial charge on any atom is 0.317 e. The van der Waals surface area contributed by atoms with Crippen molar-refractivity contribution in [1.29, 1.82) is 0 Å². The number of carboxylic acid groups (broad SMARTS) is 1. The van der Waals surface area contributed by atoms with E-state index in [1.165, 1.54) is 0 Å². The Labute approximate surface area is 124 Å². The maximum atomic E-state index is 12.1. The van der Waals surface area contributed by atoms with E-state index in [0.717, 1.165) is 12.8 Å². The van der Waals surface area contributed by atoms with Gasteiger partial charge in [-0.15, -0.1) is 0 Å². The van der Waals surface area contributed by atoms with Crippen LogP contribution in [0.3, 0.4) is 0 Å². The predicted octanol–water partition coefficient (Wildman–Crippen LogP) is 0.927. The Kier molecular flexibility index (Phi) is 5.99. The zero-order valence-corrected chi connectivity index (χ0v) is 12.7. The zero-order chi connectivity index (χ0) is 16.0. The van der Waals surface area contributed by atoms with E-state index in [4.69, 9.17) is 10.8 Å². The highest BCUT2D eigenvalue weighted by atomic mass is 16.4. The first-order chi connectivity index (χ1) is 9.69. The summed E-state index contributed by atoms with van der Waals surface area (Å²) < 4.78 is 0. The molecular formula is C14H25N3O4. The summed E-state index contributed by atoms with van der Waals surface area (Å²) in [5.74, 6) is -0.861. The standard InChI is InChI=1S/C14H25N3O4/c1-14(2,9-11(15)18)16-13(21)17-7-5-10(6-8-17)3-4-12(19)20/h10H,3-9H2,1-2H3,(H2,15,18)(H,16,21)(H,19,20). The number of nitrogens with one attached hydrogen (secondary N) is 1. The molecule has 7 nitrogen and oxygen atoms in total. The molecule has 1 saturated heterocycles. The molecule has 1 heterocycles. The molecule has 3 amide bonds. The van der Waals surface area contributed by atoms with Crippen molar-refractivity contribution >= 4 is 17.9 Å². The van der Waals surface area contributed by atoms with Crippen LogP contribution in [0, 0.1) is 5.92 Å². The van der Waals surface area contributed by atoms with Crippen LogP contribution in [0.5, 0.6) is 0 Å². The minimum Gasteiger partial charge on any atom is -0.481 e. The van der Waals surface area contributed by atoms with Crippen LogP contribution in [0.2, 0.25) is 0 Å². The van der Waals surface area contributed by atoms with Gasteiger partial charge in [-0.05, 0) is 39.0 Å². The lowest BCUT2D eigenvalue weighted by atomic mass is 9.92. The lowest BCUT2D eigenvalue weighted by Gasteiger charge is -2.35. The van der Waals surface area contributed by atoms with Gasteiger partial charge in [0.25, 0.3) is 0 Å². The third-order valence-electron chi connectivity index (χ3n) is 3.73. The number of urea groups is 1. The SMILES string of the molecule is CC(C)(CC(N)=O)NC(=O)N1CCC(CCC(=O)O)CC1. The van der Waals surface area contributed by atoms with Gasteiger partial charge in [0.15, 0.2) is 0 Å². The monoisotopic (exact) mass is 299 g/mol. The number of nitrogens with zero attached hydrogens (tertiary/aromatic N) is 1. The summed E-state index contributed by atoms with van der Waals surface area (Å²) >= 11 is 0. The first kappa shape index (κ1) is 17.3. The first-order valence-electron chi connectivity index (χ1n) is 7.27. The molecule has 1 rings (SSSR count). The van der Waals surface area contributed by atoms with E-state index in [2.05, 4.69) is 5.32 Å². The summed E-state index contributed by atoms with van der Waals surface area (Å²) in [4.78, 5) is 35.3. The van der Waals surface area contributed by atoms with E-state index in [-0.39, 0.29) is 18.9 Å². The number of hydrogen-bond donors (Lipinski definition) is 3. The number of piperidine rings is 1. The Morgan fingerprint density at radius 2 is 1.86 bits per heavy atom. The van der Waals surface area contributed by atoms with Crippen molar-refractivity contribution < 1.29 is 19.5 Å². The van der Waals surface area contributed by atoms with Crippen molar-refractivity contribution in [2.75, 3.05) is 13.1 Å². The van der Waals surface area contributed by atoms with E-state index < -0.39 is 17.4 Å². The highest BCUT2D eigenvalue weighted by Gasteiger charge is 2.28. The minimum atomic E-state index is -0.775. The van der Waals surface area contributed by atoms with Gasteiger partial charge in [0, 0.05) is 31.5 Å². The quantitative estimate of drug-likeness (QED) is 0.677. The summed E-state index contributed by atoms with van der Waals surface area (Å²) in [7, 11) is 0. The molecule has 0 aromatic heterocycles. The van der Waals surface area contributed by atoms with Gasteiger partial charge in [-0.1, -0.05) is 0 Å². The molecule has 0 unspecified atom stereocenters. The van der Waals surface area contributed by atoms with E-state index in [9.17, 15) is 14.4 Å². The minimum absolute atomic E-state index is 0.0911. The van der Waals surface area contributed by atoms with Crippen molar-refractivity contribution in [3.63, 3.8) is 0 Å². The average Bonchev–Trinajstić information content (AvgIpc) is 2.34. The molecule has 0 bridgehead atoms. The molecule has 0 atom stereocenters. The van der Waals surface area contributed by atoms with Crippen LogP contribution in [0.15, 0.2) is 0 Å². The molecular weight excluding hydrogens is 274 g/mol. The molecule has 4 N–H and O–H groups in total. The van der Waals surface area contributed by atoms with Crippen LogP contribution in [0.4, 0.5) is 4.79 Å². The predicted molar refractivity (Wildman–Crippen MR) is 77.6 cm³/mol. The smallest absolute Gasteiger partial charge is 0.317 e. The van der Waals surface area contributed by atoms with Crippen LogP contribution in [-0.2, 0) is 9.59 Å². The molecule has 0 aliphatic carbocycles. The molecule has 1 aliphatic rings. The first-order valence-corrected chi connectivity index (χ1v) is 7.27. The zero-order valence-electron chi connectivity index (χ0n) is 12.7. The second-order valence-corrected chi connectivity index (χ2v) is 6.32. The van der Waals surface area contributed by atoms with Crippen LogP contribution in [0.25, 0.3) is 0 Å². The van der Waals surface area contributed by atoms with Gasteiger partial charge in [-0.2, -0.15) is 0 Å². The molecule has 0 spiro atoms. The highest BCUT2D eigenvalue weighted by Crippen LogP contribution is 2.22. The largest absolute Gasteiger partial charge is 0.481 e. The van der Waals surface area contributed by atoms with Crippen molar-refractivity contribution in [2.24, 2.45) is 11.7 Å². The van der Waals surface area contributed by atoms with Crippen molar-refractivity contribution in [3.8, 4) is 0 Å². The summed E-state index contributed by atoms with van der Waals surface area (Å²) in [6.45, 7) is 4.75. The number of hydrogen-bond acceptors (Lipinski definition) is 3. The van der Waals surface area contributed by atoms with Crippen LogP contribution >= 0.6 is 0 Å². The van der Waals surface area contributed by atoms with Crippen LogP contribution in [0.1, 0.15) is 46.0 Å². The Morgan fingerprint density at radius 3 is 2.33 bits per heavy atom. The number of likely N-dealkylation sites (tertiary alicyclic amines) is 1. The Morgan fingerprint density at radius 1 is 1.29 bits per heavy atom. The molecule has 1 fully saturated rings. The molecule has 0 aromatic carbocycles. The van der Waals surface area contributed by atoms with Gasteiger partial charge >= 0.3 is 12.0 Å². The highest BCUT2D eigenvalue weighted by molar-refractivity contribution is 5.78. The van der Waals surface area contributed by atoms with Crippen molar-refractivity contribution in [1.82, 2.24) is 10.2 Å². The molecule has 21 heavy (non-hydrogen) atoms. The Hall–Kier alpha value is -1.79. The second-order valence-electron chi connectivity index (χ2n) is 6.32. The molecule has 1 aliphatic heterocycles. The van der Waals surface area contributed by atoms with Crippen molar-refractivity contribution in [3.05, 3.63) is 0 Å². The fourth-order valence-electron chi connectivity index (χ4n) is 2.60. The average molecular weight is 299 g/mol. The summed E-state index contributed by atoms with van der Waals surface area (Å²) in [5.41, 5.74) is 4.49. The lowest BCUT2D eigenvalue weighted by Crippen LogP contribution is -2.53. The van der Waals surface area contributed by atoms with Gasteiger partial charge in [0.2, 0.25) is 5.91 Å². The fraction of sp³-hybridized carbons (Fsp3) is 0.786. The van der Waals surface area contributed by atoms with Gasteiger partial charge in [0.1, 0.15) is 0 Å². The topological polar surface area (TPSA) is 113 Å². The third kappa shape index (κ3) is 6.46. The summed E-state index contributed by atoms with van der Waals surface area (Å²) in [6, 6.07) is -0.196. The van der Waals surface area contributed by atoms with E-state index in [1.807, 2.05) is 0 Å². The van der Waals surface area contributed by atoms with E-state index in [0.29, 0.717) is 25.4 Å². The van der Waals surface area contributed by atoms with Crippen LogP contribution in [-0.4, -0.2) is 46.5 Å². The van der Waals surface area contributed by atoms with Gasteiger partial charge in [-0.25, -0.2) is 4.79 Å². The van der Waals surface area contributed by atoms with Crippen molar-refractivity contribution in [2.45, 2.75) is 51.5 Å². The lowest BCUT2D eigenvalue weighted by molar-refractivity contribution is -0.137. The molecule has 120 valence electrons. The van der Waals surface area contributed by atoms with Crippen LogP contribution < -0.4 is 11.1 Å². The van der Waals surface area contributed by atoms with E-state index >= 15 is 0 Å². The number of aliphatic carboxylic acids is 1. The number of rotatable bonds is 6. The summed E-state index contributed by atoms with van der Waals surface area (Å²) in [5, 5.41) is 11.5. The number of carbonyl (C=O) groups excluding carboxylic acids is 2. The molecule has 0 saturated carbocycles. The normalized spacial score (nSPS) is 16.6. The number of carbonyl (C=O) groups is 3. The second kappa shape index (κ2) is 7.28. The molecule has 0 radical (unpaired) electrons.